The van der Waals surface area contributed by atoms with Crippen LogP contribution in [0.5, 0.6) is 17.2 Å². The zero-order chi connectivity index (χ0) is 21.9. The molecule has 0 radical (unpaired) electrons. The Morgan fingerprint density at radius 3 is 2.19 bits per heavy atom. The molecule has 0 aromatic heterocycles. The average Bonchev–Trinajstić information content (AvgIpc) is 2.77. The van der Waals surface area contributed by atoms with Gasteiger partial charge in [-0.15, -0.1) is 0 Å². The summed E-state index contributed by atoms with van der Waals surface area (Å²) in [4.78, 5) is 12.1. The number of hydrogen-bond acceptors (Lipinski definition) is 4. The van der Waals surface area contributed by atoms with Crippen molar-refractivity contribution in [1.29, 1.82) is 0 Å². The Balaban J connectivity index is 1.32. The van der Waals surface area contributed by atoms with Gasteiger partial charge in [0, 0.05) is 23.8 Å². The Morgan fingerprint density at radius 1 is 0.806 bits per heavy atom. The van der Waals surface area contributed by atoms with Crippen LogP contribution in [-0.2, 0) is 6.42 Å². The van der Waals surface area contributed by atoms with E-state index in [1.807, 2.05) is 48.5 Å². The number of unbranched alkanes of at least 4 members (excludes halogenated alkanes) is 3. The lowest BCUT2D eigenvalue weighted by atomic mass is 10.0. The molecule has 4 heteroatoms. The number of allylic oxidation sites excluding steroid dienone is 1. The van der Waals surface area contributed by atoms with Gasteiger partial charge in [0.25, 0.3) is 0 Å². The predicted octanol–water partition coefficient (Wildman–Crippen LogP) is 6.18. The van der Waals surface area contributed by atoms with E-state index in [-0.39, 0.29) is 17.3 Å². The fourth-order valence-electron chi connectivity index (χ4n) is 3.29. The number of carbonyl (C=O) groups excluding carboxylic acids is 1. The standard InChI is InChI=1S/C27H28O4/c28-24-18-25(29)20-26(19-24)31-17-7-2-1-4-8-21-11-13-22(14-12-21)15-16-27(30)23-9-5-3-6-10-23/h3,5-6,9-16,18-20,28-29H,1-2,4,7-8,17H2. The normalized spacial score (nSPS) is 11.0. The van der Waals surface area contributed by atoms with Crippen LogP contribution in [0.15, 0.2) is 78.9 Å². The Morgan fingerprint density at radius 2 is 1.48 bits per heavy atom. The number of ether oxygens (including phenoxy) is 1. The molecule has 0 saturated carbocycles. The molecule has 0 fully saturated rings. The van der Waals surface area contributed by atoms with Crippen LogP contribution in [-0.4, -0.2) is 22.6 Å². The molecule has 0 atom stereocenters. The molecule has 3 rings (SSSR count). The highest BCUT2D eigenvalue weighted by molar-refractivity contribution is 6.06. The highest BCUT2D eigenvalue weighted by Crippen LogP contribution is 2.25. The molecule has 0 aliphatic carbocycles. The van der Waals surface area contributed by atoms with Crippen LogP contribution in [0.4, 0.5) is 0 Å². The molecule has 4 nitrogen and oxygen atoms in total. The number of phenolic OH excluding ortho intramolecular Hbond substituents is 2. The van der Waals surface area contributed by atoms with E-state index in [0.29, 0.717) is 17.9 Å². The zero-order valence-electron chi connectivity index (χ0n) is 17.5. The van der Waals surface area contributed by atoms with Gasteiger partial charge in [0.2, 0.25) is 0 Å². The highest BCUT2D eigenvalue weighted by Gasteiger charge is 2.01. The lowest BCUT2D eigenvalue weighted by Gasteiger charge is -2.07. The quantitative estimate of drug-likeness (QED) is 0.223. The van der Waals surface area contributed by atoms with Gasteiger partial charge < -0.3 is 14.9 Å². The largest absolute Gasteiger partial charge is 0.508 e. The third-order valence-electron chi connectivity index (χ3n) is 4.97. The topological polar surface area (TPSA) is 66.8 Å². The molecule has 31 heavy (non-hydrogen) atoms. The lowest BCUT2D eigenvalue weighted by molar-refractivity contribution is 0.104. The van der Waals surface area contributed by atoms with E-state index in [2.05, 4.69) is 12.1 Å². The van der Waals surface area contributed by atoms with Crippen LogP contribution >= 0.6 is 0 Å². The number of benzene rings is 3. The summed E-state index contributed by atoms with van der Waals surface area (Å²) >= 11 is 0. The second kappa shape index (κ2) is 11.6. The Labute approximate surface area is 183 Å². The van der Waals surface area contributed by atoms with Crippen molar-refractivity contribution in [3.05, 3.63) is 95.6 Å². The van der Waals surface area contributed by atoms with E-state index < -0.39 is 0 Å². The molecule has 2 N–H and O–H groups in total. The van der Waals surface area contributed by atoms with Crippen molar-refractivity contribution in [2.45, 2.75) is 32.1 Å². The maximum Gasteiger partial charge on any atom is 0.185 e. The molecule has 0 saturated heterocycles. The first-order chi connectivity index (χ1) is 15.1. The lowest BCUT2D eigenvalue weighted by Crippen LogP contribution is -1.97. The molecule has 0 aliphatic heterocycles. The summed E-state index contributed by atoms with van der Waals surface area (Å²) in [6.45, 7) is 0.561. The van der Waals surface area contributed by atoms with Gasteiger partial charge in [-0.1, -0.05) is 73.5 Å². The first-order valence-corrected chi connectivity index (χ1v) is 10.6. The molecule has 0 unspecified atom stereocenters. The molecule has 0 spiro atoms. The van der Waals surface area contributed by atoms with Crippen molar-refractivity contribution in [3.8, 4) is 17.2 Å². The molecule has 3 aromatic rings. The third kappa shape index (κ3) is 7.67. The highest BCUT2D eigenvalue weighted by atomic mass is 16.5. The molecular formula is C27H28O4. The summed E-state index contributed by atoms with van der Waals surface area (Å²) in [6.07, 6.45) is 8.70. The van der Waals surface area contributed by atoms with Crippen LogP contribution in [0.3, 0.4) is 0 Å². The van der Waals surface area contributed by atoms with Crippen LogP contribution < -0.4 is 4.74 Å². The van der Waals surface area contributed by atoms with E-state index in [4.69, 9.17) is 4.74 Å². The minimum Gasteiger partial charge on any atom is -0.508 e. The monoisotopic (exact) mass is 416 g/mol. The minimum absolute atomic E-state index is 0.000645. The van der Waals surface area contributed by atoms with Crippen molar-refractivity contribution in [1.82, 2.24) is 0 Å². The SMILES string of the molecule is O=C(C=Cc1ccc(CCCCCCOc2cc(O)cc(O)c2)cc1)c1ccccc1. The van der Waals surface area contributed by atoms with Gasteiger partial charge in [-0.2, -0.15) is 0 Å². The first-order valence-electron chi connectivity index (χ1n) is 10.6. The number of hydrogen-bond donors (Lipinski definition) is 2. The average molecular weight is 417 g/mol. The van der Waals surface area contributed by atoms with Crippen LogP contribution in [0.1, 0.15) is 47.2 Å². The Hall–Kier alpha value is -3.53. The van der Waals surface area contributed by atoms with E-state index >= 15 is 0 Å². The van der Waals surface area contributed by atoms with Gasteiger partial charge in [-0.3, -0.25) is 4.79 Å². The first kappa shape index (κ1) is 22.2. The van der Waals surface area contributed by atoms with E-state index in [1.165, 1.54) is 23.8 Å². The van der Waals surface area contributed by atoms with Gasteiger partial charge in [-0.25, -0.2) is 0 Å². The van der Waals surface area contributed by atoms with Gasteiger partial charge in [0.15, 0.2) is 5.78 Å². The van der Waals surface area contributed by atoms with Gasteiger partial charge >= 0.3 is 0 Å². The third-order valence-corrected chi connectivity index (χ3v) is 4.97. The summed E-state index contributed by atoms with van der Waals surface area (Å²) < 4.78 is 5.56. The fraction of sp³-hybridized carbons (Fsp3) is 0.222. The number of ketones is 1. The smallest absolute Gasteiger partial charge is 0.185 e. The van der Waals surface area contributed by atoms with E-state index in [1.54, 1.807) is 6.08 Å². The molecule has 0 bridgehead atoms. The number of rotatable bonds is 11. The van der Waals surface area contributed by atoms with Crippen molar-refractivity contribution < 1.29 is 19.7 Å². The Bertz CT molecular complexity index is 971. The summed E-state index contributed by atoms with van der Waals surface area (Å²) in [5.41, 5.74) is 3.00. The number of aromatic hydroxyl groups is 2. The molecule has 3 aromatic carbocycles. The molecular weight excluding hydrogens is 388 g/mol. The summed E-state index contributed by atoms with van der Waals surface area (Å²) in [6, 6.07) is 21.9. The molecule has 0 amide bonds. The van der Waals surface area contributed by atoms with Crippen LogP contribution in [0, 0.1) is 0 Å². The Kier molecular flexibility index (Phi) is 8.29. The minimum atomic E-state index is -0.000645. The zero-order valence-corrected chi connectivity index (χ0v) is 17.5. The summed E-state index contributed by atoms with van der Waals surface area (Å²) in [7, 11) is 0. The van der Waals surface area contributed by atoms with Gasteiger partial charge in [-0.05, 0) is 36.5 Å². The number of aryl methyl sites for hydroxylation is 1. The van der Waals surface area contributed by atoms with Crippen molar-refractivity contribution in [3.63, 3.8) is 0 Å². The second-order valence-electron chi connectivity index (χ2n) is 7.50. The van der Waals surface area contributed by atoms with Crippen LogP contribution in [0.25, 0.3) is 6.08 Å². The molecule has 160 valence electrons. The fourth-order valence-corrected chi connectivity index (χ4v) is 3.29. The van der Waals surface area contributed by atoms with Crippen molar-refractivity contribution in [2.75, 3.05) is 6.61 Å². The van der Waals surface area contributed by atoms with E-state index in [9.17, 15) is 15.0 Å². The molecule has 0 aliphatic rings. The van der Waals surface area contributed by atoms with E-state index in [0.717, 1.165) is 37.7 Å². The number of carbonyl (C=O) groups is 1. The summed E-state index contributed by atoms with van der Waals surface area (Å²) in [5, 5.41) is 18.9. The maximum atomic E-state index is 12.1. The van der Waals surface area contributed by atoms with Gasteiger partial charge in [0.1, 0.15) is 17.2 Å². The maximum absolute atomic E-state index is 12.1. The number of phenols is 2. The van der Waals surface area contributed by atoms with Crippen molar-refractivity contribution in [2.24, 2.45) is 0 Å². The second-order valence-corrected chi connectivity index (χ2v) is 7.50. The molecule has 0 heterocycles. The van der Waals surface area contributed by atoms with Crippen molar-refractivity contribution >= 4 is 11.9 Å². The van der Waals surface area contributed by atoms with Crippen LogP contribution in [0.2, 0.25) is 0 Å². The summed E-state index contributed by atoms with van der Waals surface area (Å²) in [5.74, 6) is 0.491. The predicted molar refractivity (Wildman–Crippen MR) is 124 cm³/mol. The van der Waals surface area contributed by atoms with Gasteiger partial charge in [0.05, 0.1) is 6.61 Å².